The Balaban J connectivity index is 1.76. The van der Waals surface area contributed by atoms with Crippen LogP contribution in [0, 0.1) is 0 Å². The van der Waals surface area contributed by atoms with Gasteiger partial charge in [0.05, 0.1) is 6.61 Å². The second-order valence-corrected chi connectivity index (χ2v) is 5.99. The molecule has 1 aromatic rings. The largest absolute Gasteiger partial charge is 0.387 e. The van der Waals surface area contributed by atoms with Crippen LogP contribution >= 0.6 is 0 Å². The van der Waals surface area contributed by atoms with Gasteiger partial charge in [0.1, 0.15) is 24.4 Å². The first-order chi connectivity index (χ1) is 10.1. The number of rotatable bonds is 2. The van der Waals surface area contributed by atoms with E-state index >= 15 is 0 Å². The van der Waals surface area contributed by atoms with E-state index in [9.17, 15) is 14.4 Å². The van der Waals surface area contributed by atoms with Crippen LogP contribution in [0.4, 0.5) is 0 Å². The number of aliphatic hydroxyl groups is 2. The van der Waals surface area contributed by atoms with Crippen LogP contribution in [-0.4, -0.2) is 55.4 Å². The average Bonchev–Trinajstić information content (AvgIpc) is 2.51. The molecule has 7 nitrogen and oxygen atoms in total. The quantitative estimate of drug-likeness (QED) is 0.647. The molecule has 2 aliphatic rings. The van der Waals surface area contributed by atoms with Gasteiger partial charge in [0.2, 0.25) is 0 Å². The zero-order valence-electron chi connectivity index (χ0n) is 10.9. The van der Waals surface area contributed by atoms with E-state index < -0.39 is 47.2 Å². The molecule has 2 fully saturated rings. The summed E-state index contributed by atoms with van der Waals surface area (Å²) in [5, 5.41) is 20.0. The van der Waals surface area contributed by atoms with E-state index in [1.165, 1.54) is 0 Å². The molecule has 1 unspecified atom stereocenters. The predicted octanol–water partition coefficient (Wildman–Crippen LogP) is -0.231. The van der Waals surface area contributed by atoms with E-state index in [4.69, 9.17) is 18.8 Å². The lowest BCUT2D eigenvalue weighted by atomic mass is 9.99. The number of hydrogen-bond donors (Lipinski definition) is 3. The van der Waals surface area contributed by atoms with Crippen molar-refractivity contribution in [2.75, 3.05) is 6.61 Å². The lowest BCUT2D eigenvalue weighted by Crippen LogP contribution is -2.62. The highest BCUT2D eigenvalue weighted by Crippen LogP contribution is 2.34. The van der Waals surface area contributed by atoms with Crippen molar-refractivity contribution >= 4 is 11.1 Å². The Bertz CT molecular complexity index is 509. The summed E-state index contributed by atoms with van der Waals surface area (Å²) < 4.78 is 36.7. The fraction of sp³-hybridized carbons (Fsp3) is 0.538. The Morgan fingerprint density at radius 1 is 1.10 bits per heavy atom. The van der Waals surface area contributed by atoms with Crippen molar-refractivity contribution < 1.29 is 33.2 Å². The van der Waals surface area contributed by atoms with Crippen molar-refractivity contribution in [2.24, 2.45) is 0 Å². The number of hydrogen-bond acceptors (Lipinski definition) is 6. The third-order valence-electron chi connectivity index (χ3n) is 3.60. The number of ether oxygens (including phenoxy) is 3. The van der Waals surface area contributed by atoms with Crippen LogP contribution in [-0.2, 0) is 25.3 Å². The normalized spacial score (nSPS) is 41.3. The lowest BCUT2D eigenvalue weighted by molar-refractivity contribution is -0.319. The number of fused-ring (bicyclic) bond motifs is 1. The molecular weight excluding hydrogens is 300 g/mol. The first-order valence-corrected chi connectivity index (χ1v) is 7.68. The Morgan fingerprint density at radius 3 is 2.48 bits per heavy atom. The summed E-state index contributed by atoms with van der Waals surface area (Å²) in [6.45, 7) is 0.0989. The van der Waals surface area contributed by atoms with E-state index in [0.29, 0.717) is 0 Å². The summed E-state index contributed by atoms with van der Waals surface area (Å²) in [4.78, 5) is 0. The highest BCUT2D eigenvalue weighted by Gasteiger charge is 2.50. The third-order valence-corrected chi connectivity index (χ3v) is 4.39. The van der Waals surface area contributed by atoms with Gasteiger partial charge in [-0.3, -0.25) is 0 Å². The summed E-state index contributed by atoms with van der Waals surface area (Å²) >= 11 is -2.41. The maximum atomic E-state index is 11.1. The van der Waals surface area contributed by atoms with Gasteiger partial charge in [-0.25, -0.2) is 4.21 Å². The second-order valence-electron chi connectivity index (χ2n) is 4.98. The maximum Gasteiger partial charge on any atom is 0.186 e. The van der Waals surface area contributed by atoms with E-state index in [1.807, 2.05) is 30.3 Å². The van der Waals surface area contributed by atoms with Crippen LogP contribution in [0.25, 0.3) is 0 Å². The average molecular weight is 316 g/mol. The molecule has 2 aliphatic heterocycles. The van der Waals surface area contributed by atoms with Crippen molar-refractivity contribution in [3.8, 4) is 0 Å². The SMILES string of the molecule is O=S(O)[C@@H]1O[C@@H]2CO[C@@H](c3ccccc3)O[C@H]2[C@H](O)[C@H]1O. The zero-order chi connectivity index (χ0) is 15.0. The molecule has 0 bridgehead atoms. The van der Waals surface area contributed by atoms with Crippen molar-refractivity contribution in [3.05, 3.63) is 35.9 Å². The lowest BCUT2D eigenvalue weighted by Gasteiger charge is -2.45. The molecule has 1 aromatic carbocycles. The van der Waals surface area contributed by atoms with E-state index in [2.05, 4.69) is 0 Å². The molecule has 2 saturated heterocycles. The zero-order valence-corrected chi connectivity index (χ0v) is 11.8. The Kier molecular flexibility index (Phi) is 4.36. The van der Waals surface area contributed by atoms with Gasteiger partial charge in [0.15, 0.2) is 22.8 Å². The van der Waals surface area contributed by atoms with E-state index in [-0.39, 0.29) is 6.61 Å². The molecule has 0 saturated carbocycles. The molecule has 7 atom stereocenters. The molecule has 3 rings (SSSR count). The van der Waals surface area contributed by atoms with Gasteiger partial charge in [0.25, 0.3) is 0 Å². The fourth-order valence-corrected chi connectivity index (χ4v) is 3.16. The minimum atomic E-state index is -2.41. The fourth-order valence-electron chi connectivity index (χ4n) is 2.52. The molecule has 0 aliphatic carbocycles. The van der Waals surface area contributed by atoms with Gasteiger partial charge < -0.3 is 29.0 Å². The minimum absolute atomic E-state index is 0.0989. The first kappa shape index (κ1) is 15.0. The molecule has 0 aromatic heterocycles. The van der Waals surface area contributed by atoms with Gasteiger partial charge >= 0.3 is 0 Å². The van der Waals surface area contributed by atoms with Gasteiger partial charge in [-0.15, -0.1) is 0 Å². The van der Waals surface area contributed by atoms with Crippen LogP contribution in [0.1, 0.15) is 11.9 Å². The van der Waals surface area contributed by atoms with E-state index in [1.54, 1.807) is 0 Å². The summed E-state index contributed by atoms with van der Waals surface area (Å²) in [5.41, 5.74) is -0.591. The van der Waals surface area contributed by atoms with Crippen LogP contribution in [0.3, 0.4) is 0 Å². The molecule has 0 spiro atoms. The smallest absolute Gasteiger partial charge is 0.186 e. The third kappa shape index (κ3) is 2.88. The van der Waals surface area contributed by atoms with Crippen LogP contribution in [0.2, 0.25) is 0 Å². The van der Waals surface area contributed by atoms with Gasteiger partial charge in [0, 0.05) is 5.56 Å². The summed E-state index contributed by atoms with van der Waals surface area (Å²) in [6, 6.07) is 9.17. The molecule has 2 heterocycles. The molecule has 0 radical (unpaired) electrons. The van der Waals surface area contributed by atoms with E-state index in [0.717, 1.165) is 5.56 Å². The highest BCUT2D eigenvalue weighted by atomic mass is 32.2. The Morgan fingerprint density at radius 2 is 1.81 bits per heavy atom. The number of aliphatic hydroxyl groups excluding tert-OH is 2. The molecule has 116 valence electrons. The van der Waals surface area contributed by atoms with Crippen molar-refractivity contribution in [3.63, 3.8) is 0 Å². The van der Waals surface area contributed by atoms with Crippen molar-refractivity contribution in [1.29, 1.82) is 0 Å². The molecular formula is C13H16O7S. The van der Waals surface area contributed by atoms with Gasteiger partial charge in [-0.1, -0.05) is 30.3 Å². The molecule has 0 amide bonds. The highest BCUT2D eigenvalue weighted by molar-refractivity contribution is 7.79. The summed E-state index contributed by atoms with van der Waals surface area (Å²) in [6.07, 6.45) is -5.01. The minimum Gasteiger partial charge on any atom is -0.387 e. The topological polar surface area (TPSA) is 105 Å². The van der Waals surface area contributed by atoms with Crippen LogP contribution in [0.5, 0.6) is 0 Å². The van der Waals surface area contributed by atoms with Crippen LogP contribution in [0.15, 0.2) is 30.3 Å². The standard InChI is InChI=1S/C13H16O7S/c14-9-10(15)13(21(16)17)19-8-6-18-12(20-11(8)9)7-4-2-1-3-5-7/h1-5,8-15H,6H2,(H,16,17)/t8-,9-,10-,11-,12-,13+/m1/s1. The van der Waals surface area contributed by atoms with Crippen molar-refractivity contribution in [2.45, 2.75) is 36.1 Å². The maximum absolute atomic E-state index is 11.1. The second kappa shape index (κ2) is 6.09. The Labute approximate surface area is 123 Å². The van der Waals surface area contributed by atoms with Gasteiger partial charge in [-0.05, 0) is 0 Å². The number of benzene rings is 1. The molecule has 3 N–H and O–H groups in total. The van der Waals surface area contributed by atoms with Gasteiger partial charge in [-0.2, -0.15) is 0 Å². The summed E-state index contributed by atoms with van der Waals surface area (Å²) in [5.74, 6) is 0. The van der Waals surface area contributed by atoms with Crippen LogP contribution < -0.4 is 0 Å². The Hall–Kier alpha value is -0.870. The first-order valence-electron chi connectivity index (χ1n) is 6.51. The summed E-state index contributed by atoms with van der Waals surface area (Å²) in [7, 11) is 0. The monoisotopic (exact) mass is 316 g/mol. The molecule has 8 heteroatoms. The molecule has 21 heavy (non-hydrogen) atoms. The predicted molar refractivity (Wildman–Crippen MR) is 71.5 cm³/mol. The van der Waals surface area contributed by atoms with Crippen molar-refractivity contribution in [1.82, 2.24) is 0 Å².